The summed E-state index contributed by atoms with van der Waals surface area (Å²) < 4.78 is 13.9. The average molecular weight is 368 g/mol. The van der Waals surface area contributed by atoms with E-state index in [2.05, 4.69) is 23.8 Å². The first-order valence-corrected chi connectivity index (χ1v) is 9.50. The van der Waals surface area contributed by atoms with Gasteiger partial charge >= 0.3 is 0 Å². The predicted octanol–water partition coefficient (Wildman–Crippen LogP) is 2.97. The summed E-state index contributed by atoms with van der Waals surface area (Å²) in [6, 6.07) is 4.70. The molecular formula is C19H27ClFN3O. The molecule has 2 aliphatic rings. The standard InChI is InChI=1S/C19H27ClFN3O/c1-14(23-11-9-22(2)10-12-23)15-5-7-24(8-6-15)19(25)17-13-16(20)3-4-18(17)21/h3-4,13-15H,5-12H2,1-2H3/t14-/m0/s1. The van der Waals surface area contributed by atoms with Crippen LogP contribution in [0.25, 0.3) is 0 Å². The number of piperazine rings is 1. The lowest BCUT2D eigenvalue weighted by atomic mass is 9.88. The number of carbonyl (C=O) groups is 1. The Morgan fingerprint density at radius 2 is 1.80 bits per heavy atom. The van der Waals surface area contributed by atoms with Gasteiger partial charge in [0.15, 0.2) is 0 Å². The number of hydrogen-bond donors (Lipinski definition) is 0. The van der Waals surface area contributed by atoms with Crippen LogP contribution in [0.4, 0.5) is 4.39 Å². The van der Waals surface area contributed by atoms with E-state index in [1.807, 2.05) is 0 Å². The quantitative estimate of drug-likeness (QED) is 0.821. The van der Waals surface area contributed by atoms with Gasteiger partial charge < -0.3 is 9.80 Å². The van der Waals surface area contributed by atoms with Crippen molar-refractivity contribution in [2.45, 2.75) is 25.8 Å². The Morgan fingerprint density at radius 3 is 2.44 bits per heavy atom. The molecule has 2 aliphatic heterocycles. The molecule has 0 aromatic heterocycles. The third-order valence-corrected chi connectivity index (χ3v) is 6.02. The van der Waals surface area contributed by atoms with Gasteiger partial charge in [0, 0.05) is 50.3 Å². The number of hydrogen-bond acceptors (Lipinski definition) is 3. The topological polar surface area (TPSA) is 26.8 Å². The van der Waals surface area contributed by atoms with Crippen LogP contribution in [0.2, 0.25) is 5.02 Å². The van der Waals surface area contributed by atoms with Crippen LogP contribution in [0, 0.1) is 11.7 Å². The number of rotatable bonds is 3. The molecule has 0 N–H and O–H groups in total. The first-order valence-electron chi connectivity index (χ1n) is 9.12. The second-order valence-electron chi connectivity index (χ2n) is 7.33. The third kappa shape index (κ3) is 4.33. The van der Waals surface area contributed by atoms with Crippen molar-refractivity contribution in [1.29, 1.82) is 0 Å². The Bertz CT molecular complexity index is 611. The molecule has 0 spiro atoms. The number of halogens is 2. The number of carbonyl (C=O) groups excluding carboxylic acids is 1. The highest BCUT2D eigenvalue weighted by atomic mass is 35.5. The lowest BCUT2D eigenvalue weighted by Gasteiger charge is -2.42. The zero-order chi connectivity index (χ0) is 18.0. The van der Waals surface area contributed by atoms with Gasteiger partial charge in [-0.25, -0.2) is 4.39 Å². The van der Waals surface area contributed by atoms with Gasteiger partial charge in [-0.2, -0.15) is 0 Å². The van der Waals surface area contributed by atoms with Crippen LogP contribution >= 0.6 is 11.6 Å². The molecule has 1 atom stereocenters. The second kappa shape index (κ2) is 8.02. The van der Waals surface area contributed by atoms with E-state index in [1.54, 1.807) is 4.90 Å². The van der Waals surface area contributed by atoms with Gasteiger partial charge in [0.05, 0.1) is 5.56 Å². The smallest absolute Gasteiger partial charge is 0.256 e. The molecule has 0 saturated carbocycles. The van der Waals surface area contributed by atoms with E-state index in [0.29, 0.717) is 30.1 Å². The van der Waals surface area contributed by atoms with Crippen molar-refractivity contribution in [3.05, 3.63) is 34.6 Å². The molecule has 0 aliphatic carbocycles. The largest absolute Gasteiger partial charge is 0.339 e. The van der Waals surface area contributed by atoms with Gasteiger partial charge in [0.25, 0.3) is 5.91 Å². The van der Waals surface area contributed by atoms with E-state index < -0.39 is 5.82 Å². The lowest BCUT2D eigenvalue weighted by Crippen LogP contribution is -2.52. The van der Waals surface area contributed by atoms with Crippen molar-refractivity contribution in [3.8, 4) is 0 Å². The molecule has 1 aromatic rings. The SMILES string of the molecule is C[C@@H](C1CCN(C(=O)c2cc(Cl)ccc2F)CC1)N1CCN(C)CC1. The van der Waals surface area contributed by atoms with Crippen molar-refractivity contribution in [2.24, 2.45) is 5.92 Å². The summed E-state index contributed by atoms with van der Waals surface area (Å²) in [6.45, 7) is 8.16. The van der Waals surface area contributed by atoms with E-state index in [9.17, 15) is 9.18 Å². The third-order valence-electron chi connectivity index (χ3n) is 5.78. The van der Waals surface area contributed by atoms with Crippen molar-refractivity contribution in [2.75, 3.05) is 46.3 Å². The number of likely N-dealkylation sites (tertiary alicyclic amines) is 1. The number of amides is 1. The number of likely N-dealkylation sites (N-methyl/N-ethyl adjacent to an activating group) is 1. The minimum absolute atomic E-state index is 0.0815. The fourth-order valence-corrected chi connectivity index (χ4v) is 4.12. The summed E-state index contributed by atoms with van der Waals surface area (Å²) in [7, 11) is 2.17. The summed E-state index contributed by atoms with van der Waals surface area (Å²) in [5, 5.41) is 0.392. The van der Waals surface area contributed by atoms with E-state index in [0.717, 1.165) is 39.0 Å². The van der Waals surface area contributed by atoms with Gasteiger partial charge in [-0.1, -0.05) is 11.6 Å². The van der Waals surface area contributed by atoms with Crippen LogP contribution in [0.3, 0.4) is 0 Å². The van der Waals surface area contributed by atoms with E-state index in [1.165, 1.54) is 18.2 Å². The molecule has 3 rings (SSSR count). The minimum atomic E-state index is -0.498. The van der Waals surface area contributed by atoms with Gasteiger partial charge in [-0.05, 0) is 50.9 Å². The molecule has 138 valence electrons. The Kier molecular flexibility index (Phi) is 5.97. The molecule has 4 nitrogen and oxygen atoms in total. The summed E-state index contributed by atoms with van der Waals surface area (Å²) >= 11 is 5.91. The van der Waals surface area contributed by atoms with Crippen LogP contribution in [-0.2, 0) is 0 Å². The highest BCUT2D eigenvalue weighted by Gasteiger charge is 2.31. The Labute approximate surface area is 154 Å². The minimum Gasteiger partial charge on any atom is -0.339 e. The summed E-state index contributed by atoms with van der Waals surface area (Å²) in [6.07, 6.45) is 1.95. The summed E-state index contributed by atoms with van der Waals surface area (Å²) in [5.74, 6) is -0.148. The Balaban J connectivity index is 1.56. The average Bonchev–Trinajstić information content (AvgIpc) is 2.63. The van der Waals surface area contributed by atoms with Gasteiger partial charge in [-0.15, -0.1) is 0 Å². The molecule has 0 unspecified atom stereocenters. The normalized spacial score (nSPS) is 22.2. The first kappa shape index (κ1) is 18.6. The number of piperidine rings is 1. The number of benzene rings is 1. The van der Waals surface area contributed by atoms with Gasteiger partial charge in [0.2, 0.25) is 0 Å². The molecule has 2 fully saturated rings. The highest BCUT2D eigenvalue weighted by Crippen LogP contribution is 2.26. The highest BCUT2D eigenvalue weighted by molar-refractivity contribution is 6.31. The fraction of sp³-hybridized carbons (Fsp3) is 0.632. The molecule has 0 bridgehead atoms. The summed E-state index contributed by atoms with van der Waals surface area (Å²) in [5.41, 5.74) is 0.0815. The molecule has 1 amide bonds. The van der Waals surface area contributed by atoms with E-state index >= 15 is 0 Å². The van der Waals surface area contributed by atoms with Crippen LogP contribution in [0.5, 0.6) is 0 Å². The Hall–Kier alpha value is -1.17. The van der Waals surface area contributed by atoms with Crippen LogP contribution in [0.15, 0.2) is 18.2 Å². The molecule has 25 heavy (non-hydrogen) atoms. The zero-order valence-corrected chi connectivity index (χ0v) is 15.8. The van der Waals surface area contributed by atoms with E-state index in [4.69, 9.17) is 11.6 Å². The van der Waals surface area contributed by atoms with Gasteiger partial charge in [-0.3, -0.25) is 9.69 Å². The van der Waals surface area contributed by atoms with Crippen LogP contribution in [-0.4, -0.2) is 73.0 Å². The molecule has 2 saturated heterocycles. The number of nitrogens with zero attached hydrogens (tertiary/aromatic N) is 3. The maximum absolute atomic E-state index is 13.9. The maximum atomic E-state index is 13.9. The lowest BCUT2D eigenvalue weighted by molar-refractivity contribution is 0.0497. The molecule has 1 aromatic carbocycles. The second-order valence-corrected chi connectivity index (χ2v) is 7.77. The fourth-order valence-electron chi connectivity index (χ4n) is 3.94. The van der Waals surface area contributed by atoms with Crippen LogP contribution < -0.4 is 0 Å². The van der Waals surface area contributed by atoms with Crippen molar-refractivity contribution < 1.29 is 9.18 Å². The monoisotopic (exact) mass is 367 g/mol. The zero-order valence-electron chi connectivity index (χ0n) is 15.0. The van der Waals surface area contributed by atoms with Crippen molar-refractivity contribution >= 4 is 17.5 Å². The molecule has 2 heterocycles. The molecular weight excluding hydrogens is 341 g/mol. The van der Waals surface area contributed by atoms with E-state index in [-0.39, 0.29) is 11.5 Å². The van der Waals surface area contributed by atoms with Gasteiger partial charge in [0.1, 0.15) is 5.82 Å². The van der Waals surface area contributed by atoms with Crippen molar-refractivity contribution in [1.82, 2.24) is 14.7 Å². The molecule has 6 heteroatoms. The molecule has 0 radical (unpaired) electrons. The predicted molar refractivity (Wildman–Crippen MR) is 98.6 cm³/mol. The van der Waals surface area contributed by atoms with Crippen LogP contribution in [0.1, 0.15) is 30.1 Å². The summed E-state index contributed by atoms with van der Waals surface area (Å²) in [4.78, 5) is 19.3. The Morgan fingerprint density at radius 1 is 1.16 bits per heavy atom. The van der Waals surface area contributed by atoms with Crippen molar-refractivity contribution in [3.63, 3.8) is 0 Å². The first-order chi connectivity index (χ1) is 12.0. The maximum Gasteiger partial charge on any atom is 0.256 e.